The predicted octanol–water partition coefficient (Wildman–Crippen LogP) is 0.318. The molecule has 0 aromatic rings. The maximum Gasteiger partial charge on any atom is 0.400 e. The fourth-order valence-electron chi connectivity index (χ4n) is 2.71. The summed E-state index contributed by atoms with van der Waals surface area (Å²) in [7, 11) is -4.07. The molecule has 0 aromatic carbocycles. The summed E-state index contributed by atoms with van der Waals surface area (Å²) in [6.45, 7) is 7.47. The molecule has 0 aliphatic carbocycles. The zero-order valence-electron chi connectivity index (χ0n) is 12.4. The van der Waals surface area contributed by atoms with Crippen LogP contribution in [0.15, 0.2) is 0 Å². The summed E-state index contributed by atoms with van der Waals surface area (Å²) in [5, 5.41) is 0. The molecule has 0 bridgehead atoms. The number of hydrogen-bond acceptors (Lipinski definition) is 8. The van der Waals surface area contributed by atoms with E-state index in [4.69, 9.17) is 27.3 Å². The first-order chi connectivity index (χ1) is 9.57. The van der Waals surface area contributed by atoms with E-state index in [-0.39, 0.29) is 13.2 Å². The lowest BCUT2D eigenvalue weighted by atomic mass is 10.0. The van der Waals surface area contributed by atoms with Crippen LogP contribution < -0.4 is 0 Å². The van der Waals surface area contributed by atoms with Crippen LogP contribution in [-0.2, 0) is 37.7 Å². The molecule has 8 nitrogen and oxygen atoms in total. The minimum Gasteiger partial charge on any atom is -0.348 e. The van der Waals surface area contributed by atoms with Gasteiger partial charge in [0.25, 0.3) is 0 Å². The maximum absolute atomic E-state index is 11.7. The van der Waals surface area contributed by atoms with Crippen molar-refractivity contribution in [2.75, 3.05) is 13.2 Å². The number of rotatable bonds is 2. The molecule has 0 saturated carbocycles. The fraction of sp³-hybridized carbons (Fsp3) is 1.00. The van der Waals surface area contributed by atoms with Gasteiger partial charge in [0.05, 0.1) is 13.2 Å². The van der Waals surface area contributed by atoms with Gasteiger partial charge in [0.2, 0.25) is 0 Å². The van der Waals surface area contributed by atoms with Crippen molar-refractivity contribution < 1.29 is 35.7 Å². The maximum atomic E-state index is 11.7. The van der Waals surface area contributed by atoms with Crippen LogP contribution in [0.3, 0.4) is 0 Å². The van der Waals surface area contributed by atoms with Crippen molar-refractivity contribution in [2.45, 2.75) is 63.7 Å². The van der Waals surface area contributed by atoms with Gasteiger partial charge in [0.1, 0.15) is 24.4 Å². The Morgan fingerprint density at radius 3 is 1.48 bits per heavy atom. The first kappa shape index (κ1) is 15.6. The molecule has 3 saturated heterocycles. The normalized spacial score (nSPS) is 44.2. The quantitative estimate of drug-likeness (QED) is 0.717. The summed E-state index contributed by atoms with van der Waals surface area (Å²) in [6, 6.07) is 0. The van der Waals surface area contributed by atoms with Crippen LogP contribution in [0.1, 0.15) is 27.7 Å². The van der Waals surface area contributed by atoms with Crippen LogP contribution in [-0.4, -0.2) is 57.6 Å². The first-order valence-electron chi connectivity index (χ1n) is 6.82. The van der Waals surface area contributed by atoms with Crippen LogP contribution in [0.25, 0.3) is 0 Å². The molecule has 122 valence electrons. The third kappa shape index (κ3) is 3.24. The van der Waals surface area contributed by atoms with Crippen LogP contribution in [0.4, 0.5) is 0 Å². The molecule has 0 spiro atoms. The Hall–Kier alpha value is -0.290. The van der Waals surface area contributed by atoms with E-state index < -0.39 is 46.4 Å². The zero-order chi connectivity index (χ0) is 15.5. The first-order valence-corrected chi connectivity index (χ1v) is 8.15. The van der Waals surface area contributed by atoms with Gasteiger partial charge >= 0.3 is 10.4 Å². The molecule has 0 radical (unpaired) electrons. The molecule has 0 unspecified atom stereocenters. The molecule has 3 aliphatic rings. The van der Waals surface area contributed by atoms with Crippen molar-refractivity contribution in [3.63, 3.8) is 0 Å². The van der Waals surface area contributed by atoms with Gasteiger partial charge in [0.15, 0.2) is 11.6 Å². The molecule has 4 atom stereocenters. The monoisotopic (exact) mass is 324 g/mol. The van der Waals surface area contributed by atoms with Crippen molar-refractivity contribution in [1.82, 2.24) is 0 Å². The molecule has 3 fully saturated rings. The Kier molecular flexibility index (Phi) is 3.60. The fourth-order valence-corrected chi connectivity index (χ4v) is 3.76. The van der Waals surface area contributed by atoms with Crippen LogP contribution in [0, 0.1) is 0 Å². The SMILES string of the molecule is CC1(C)OC[C@H]([C@@H]2OS(=O)(=O)O[C@@H]2[C@H]2COC(C)(C)O2)O1. The van der Waals surface area contributed by atoms with Gasteiger partial charge < -0.3 is 18.9 Å². The topological polar surface area (TPSA) is 89.5 Å². The van der Waals surface area contributed by atoms with Crippen LogP contribution in [0.2, 0.25) is 0 Å². The second-order valence-electron chi connectivity index (χ2n) is 6.26. The third-order valence-electron chi connectivity index (χ3n) is 3.58. The minimum atomic E-state index is -4.07. The molecule has 0 amide bonds. The average molecular weight is 324 g/mol. The molecule has 21 heavy (non-hydrogen) atoms. The summed E-state index contributed by atoms with van der Waals surface area (Å²) in [4.78, 5) is 0. The lowest BCUT2D eigenvalue weighted by molar-refractivity contribution is -0.165. The molecule has 0 aromatic heterocycles. The second kappa shape index (κ2) is 4.85. The Labute approximate surface area is 123 Å². The molecule has 9 heteroatoms. The summed E-state index contributed by atoms with van der Waals surface area (Å²) in [5.41, 5.74) is 0. The largest absolute Gasteiger partial charge is 0.400 e. The summed E-state index contributed by atoms with van der Waals surface area (Å²) in [5.74, 6) is -1.56. The predicted molar refractivity (Wildman–Crippen MR) is 68.5 cm³/mol. The van der Waals surface area contributed by atoms with Gasteiger partial charge in [-0.25, -0.2) is 8.37 Å². The van der Waals surface area contributed by atoms with Gasteiger partial charge in [-0.3, -0.25) is 0 Å². The lowest BCUT2D eigenvalue weighted by Crippen LogP contribution is -2.45. The molecule has 3 heterocycles. The molecule has 0 N–H and O–H groups in total. The summed E-state index contributed by atoms with van der Waals surface area (Å²) >= 11 is 0. The summed E-state index contributed by atoms with van der Waals surface area (Å²) < 4.78 is 55.6. The summed E-state index contributed by atoms with van der Waals surface area (Å²) in [6.07, 6.45) is -2.73. The lowest BCUT2D eigenvalue weighted by Gasteiger charge is -2.25. The van der Waals surface area contributed by atoms with Crippen molar-refractivity contribution >= 4 is 10.4 Å². The highest BCUT2D eigenvalue weighted by atomic mass is 32.3. The van der Waals surface area contributed by atoms with Gasteiger partial charge in [0, 0.05) is 0 Å². The Morgan fingerprint density at radius 1 is 0.810 bits per heavy atom. The Morgan fingerprint density at radius 2 is 1.19 bits per heavy atom. The third-order valence-corrected chi connectivity index (χ3v) is 4.49. The van der Waals surface area contributed by atoms with E-state index in [0.717, 1.165) is 0 Å². The Balaban J connectivity index is 1.78. The van der Waals surface area contributed by atoms with E-state index in [0.29, 0.717) is 0 Å². The van der Waals surface area contributed by atoms with E-state index in [1.54, 1.807) is 27.7 Å². The van der Waals surface area contributed by atoms with Gasteiger partial charge in [-0.1, -0.05) is 0 Å². The molecular weight excluding hydrogens is 304 g/mol. The average Bonchev–Trinajstić information content (AvgIpc) is 2.94. The molecular formula is C12H20O8S. The van der Waals surface area contributed by atoms with Gasteiger partial charge in [-0.15, -0.1) is 0 Å². The van der Waals surface area contributed by atoms with Crippen LogP contribution >= 0.6 is 0 Å². The van der Waals surface area contributed by atoms with E-state index in [9.17, 15) is 8.42 Å². The second-order valence-corrected chi connectivity index (χ2v) is 7.47. The molecule has 3 rings (SSSR count). The smallest absolute Gasteiger partial charge is 0.348 e. The Bertz CT molecular complexity index is 473. The highest BCUT2D eigenvalue weighted by molar-refractivity contribution is 7.82. The number of hydrogen-bond donors (Lipinski definition) is 0. The van der Waals surface area contributed by atoms with Crippen molar-refractivity contribution in [2.24, 2.45) is 0 Å². The van der Waals surface area contributed by atoms with Crippen molar-refractivity contribution in [3.05, 3.63) is 0 Å². The van der Waals surface area contributed by atoms with Gasteiger partial charge in [-0.2, -0.15) is 8.42 Å². The standard InChI is InChI=1S/C12H20O8S/c1-11(2)15-5-7(17-11)9-10(20-21(13,14)19-9)8-6-16-12(3,4)18-8/h7-10H,5-6H2,1-4H3/t7-,8-,9-,10+/m1/s1. The van der Waals surface area contributed by atoms with E-state index in [2.05, 4.69) is 0 Å². The van der Waals surface area contributed by atoms with Crippen molar-refractivity contribution in [1.29, 1.82) is 0 Å². The van der Waals surface area contributed by atoms with Crippen LogP contribution in [0.5, 0.6) is 0 Å². The minimum absolute atomic E-state index is 0.226. The zero-order valence-corrected chi connectivity index (χ0v) is 13.2. The van der Waals surface area contributed by atoms with Gasteiger partial charge in [-0.05, 0) is 27.7 Å². The van der Waals surface area contributed by atoms with Crippen molar-refractivity contribution in [3.8, 4) is 0 Å². The molecule has 3 aliphatic heterocycles. The number of ether oxygens (including phenoxy) is 4. The highest BCUT2D eigenvalue weighted by Crippen LogP contribution is 2.37. The van der Waals surface area contributed by atoms with E-state index >= 15 is 0 Å². The van der Waals surface area contributed by atoms with E-state index in [1.165, 1.54) is 0 Å². The highest BCUT2D eigenvalue weighted by Gasteiger charge is 2.54. The van der Waals surface area contributed by atoms with E-state index in [1.807, 2.05) is 0 Å².